The molecule has 0 radical (unpaired) electrons. The third kappa shape index (κ3) is 5.28. The smallest absolute Gasteiger partial charge is 0.408 e. The van der Waals surface area contributed by atoms with Gasteiger partial charge in [0.1, 0.15) is 11.4 Å². The zero-order valence-electron chi connectivity index (χ0n) is 16.2. The summed E-state index contributed by atoms with van der Waals surface area (Å²) in [6.45, 7) is 6.66. The number of halogens is 2. The molecule has 2 rings (SSSR count). The second-order valence-electron chi connectivity index (χ2n) is 7.35. The van der Waals surface area contributed by atoms with Crippen molar-refractivity contribution in [2.75, 3.05) is 7.11 Å². The molecule has 1 heterocycles. The molecule has 1 unspecified atom stereocenters. The van der Waals surface area contributed by atoms with Crippen LogP contribution in [-0.4, -0.2) is 39.8 Å². The highest BCUT2D eigenvalue weighted by Crippen LogP contribution is 2.29. The first-order valence-electron chi connectivity index (χ1n) is 8.39. The van der Waals surface area contributed by atoms with Crippen LogP contribution in [0.3, 0.4) is 0 Å². The second kappa shape index (κ2) is 8.26. The molecule has 0 aliphatic heterocycles. The van der Waals surface area contributed by atoms with Gasteiger partial charge < -0.3 is 14.8 Å². The fraction of sp³-hybridized carbons (Fsp3) is 0.444. The quantitative estimate of drug-likeness (QED) is 0.692. The van der Waals surface area contributed by atoms with Gasteiger partial charge in [0.25, 0.3) is 0 Å². The van der Waals surface area contributed by atoms with Crippen LogP contribution in [0, 0.1) is 5.82 Å². The summed E-state index contributed by atoms with van der Waals surface area (Å²) >= 11 is 3.31. The number of amides is 1. The highest BCUT2D eigenvalue weighted by atomic mass is 79.9. The van der Waals surface area contributed by atoms with E-state index in [1.54, 1.807) is 39.8 Å². The molecule has 1 atom stereocenters. The first-order chi connectivity index (χ1) is 12.9. The lowest BCUT2D eigenvalue weighted by Crippen LogP contribution is -2.49. The predicted molar refractivity (Wildman–Crippen MR) is 102 cm³/mol. The van der Waals surface area contributed by atoms with Gasteiger partial charge >= 0.3 is 12.1 Å². The fourth-order valence-electron chi connectivity index (χ4n) is 2.58. The number of hydrogen-bond acceptors (Lipinski definition) is 6. The second-order valence-corrected chi connectivity index (χ2v) is 8.27. The number of ether oxygens (including phenoxy) is 2. The van der Waals surface area contributed by atoms with Crippen LogP contribution in [0.4, 0.5) is 9.18 Å². The van der Waals surface area contributed by atoms with Crippen molar-refractivity contribution in [2.45, 2.75) is 45.4 Å². The van der Waals surface area contributed by atoms with E-state index in [2.05, 4.69) is 31.6 Å². The van der Waals surface area contributed by atoms with E-state index in [0.29, 0.717) is 4.47 Å². The Balaban J connectivity index is 2.47. The van der Waals surface area contributed by atoms with Crippen LogP contribution in [0.1, 0.15) is 43.7 Å². The number of benzene rings is 1. The molecule has 0 saturated carbocycles. The molecule has 0 fully saturated rings. The number of methoxy groups -OCH3 is 1. The maximum absolute atomic E-state index is 14.7. The van der Waals surface area contributed by atoms with Gasteiger partial charge in [-0.1, -0.05) is 21.1 Å². The lowest BCUT2D eigenvalue weighted by Gasteiger charge is -2.33. The Morgan fingerprint density at radius 2 is 1.96 bits per heavy atom. The average molecular weight is 457 g/mol. The summed E-state index contributed by atoms with van der Waals surface area (Å²) in [5.74, 6) is -1.19. The van der Waals surface area contributed by atoms with Gasteiger partial charge in [0.15, 0.2) is 5.69 Å². The van der Waals surface area contributed by atoms with Gasteiger partial charge in [0.2, 0.25) is 0 Å². The molecule has 1 N–H and O–H groups in total. The van der Waals surface area contributed by atoms with Crippen molar-refractivity contribution in [1.82, 2.24) is 20.3 Å². The molecule has 152 valence electrons. The lowest BCUT2D eigenvalue weighted by molar-refractivity contribution is 0.0444. The Labute approximate surface area is 170 Å². The third-order valence-electron chi connectivity index (χ3n) is 3.78. The first kappa shape index (κ1) is 21.8. The number of alkyl carbamates (subject to hydrolysis) is 1. The number of hydrogen-bond donors (Lipinski definition) is 1. The van der Waals surface area contributed by atoms with Crippen LogP contribution < -0.4 is 5.32 Å². The van der Waals surface area contributed by atoms with Crippen LogP contribution in [0.15, 0.2) is 28.9 Å². The highest BCUT2D eigenvalue weighted by molar-refractivity contribution is 9.10. The fourth-order valence-corrected chi connectivity index (χ4v) is 2.94. The molecule has 0 aliphatic rings. The topological polar surface area (TPSA) is 95.3 Å². The van der Waals surface area contributed by atoms with Crippen LogP contribution in [0.25, 0.3) is 0 Å². The molecular weight excluding hydrogens is 435 g/mol. The van der Waals surface area contributed by atoms with Gasteiger partial charge in [-0.2, -0.15) is 0 Å². The summed E-state index contributed by atoms with van der Waals surface area (Å²) in [6, 6.07) is 4.36. The van der Waals surface area contributed by atoms with E-state index < -0.39 is 29.0 Å². The summed E-state index contributed by atoms with van der Waals surface area (Å²) in [6.07, 6.45) is 0.492. The van der Waals surface area contributed by atoms with E-state index in [-0.39, 0.29) is 17.8 Å². The number of carbonyl (C=O) groups is 2. The Kier molecular flexibility index (Phi) is 6.43. The molecule has 28 heavy (non-hydrogen) atoms. The number of rotatable bonds is 5. The summed E-state index contributed by atoms with van der Waals surface area (Å²) in [5.41, 5.74) is -1.81. The zero-order valence-corrected chi connectivity index (χ0v) is 17.8. The standard InChI is InChI=1S/C18H22BrFN4O4/c1-17(2,3)28-16(26)22-18(4,12-8-11(19)6-7-13(12)20)10-24-14(9-21-23-24)15(25)27-5/h6-9H,10H2,1-5H3,(H,22,26). The summed E-state index contributed by atoms with van der Waals surface area (Å²) in [5, 5.41) is 10.3. The van der Waals surface area contributed by atoms with E-state index in [0.717, 1.165) is 0 Å². The number of aromatic nitrogens is 3. The molecule has 10 heteroatoms. The Hall–Kier alpha value is -2.49. The first-order valence-corrected chi connectivity index (χ1v) is 9.18. The average Bonchev–Trinajstić information content (AvgIpc) is 3.02. The Morgan fingerprint density at radius 1 is 1.29 bits per heavy atom. The van der Waals surface area contributed by atoms with E-state index >= 15 is 0 Å². The molecule has 1 aromatic heterocycles. The largest absolute Gasteiger partial charge is 0.464 e. The minimum Gasteiger partial charge on any atom is -0.464 e. The number of esters is 1. The van der Waals surface area contributed by atoms with E-state index in [9.17, 15) is 14.0 Å². The molecular formula is C18H22BrFN4O4. The highest BCUT2D eigenvalue weighted by Gasteiger charge is 2.35. The maximum Gasteiger partial charge on any atom is 0.408 e. The van der Waals surface area contributed by atoms with Crippen LogP contribution in [0.5, 0.6) is 0 Å². The normalized spacial score (nSPS) is 13.5. The Bertz CT molecular complexity index is 881. The molecule has 0 aliphatic carbocycles. The van der Waals surface area contributed by atoms with Crippen molar-refractivity contribution in [2.24, 2.45) is 0 Å². The van der Waals surface area contributed by atoms with Crippen LogP contribution >= 0.6 is 15.9 Å². The predicted octanol–water partition coefficient (Wildman–Crippen LogP) is 3.41. The molecule has 8 nitrogen and oxygen atoms in total. The molecule has 1 aromatic carbocycles. The molecule has 0 spiro atoms. The molecule has 0 saturated heterocycles. The minimum absolute atomic E-state index is 0.0649. The lowest BCUT2D eigenvalue weighted by atomic mass is 9.91. The molecule has 2 aromatic rings. The van der Waals surface area contributed by atoms with E-state index in [1.165, 1.54) is 24.1 Å². The van der Waals surface area contributed by atoms with Crippen molar-refractivity contribution < 1.29 is 23.5 Å². The van der Waals surface area contributed by atoms with Crippen molar-refractivity contribution in [1.29, 1.82) is 0 Å². The van der Waals surface area contributed by atoms with Gasteiger partial charge in [-0.25, -0.2) is 18.7 Å². The van der Waals surface area contributed by atoms with Crippen molar-refractivity contribution in [3.63, 3.8) is 0 Å². The minimum atomic E-state index is -1.31. The van der Waals surface area contributed by atoms with Crippen molar-refractivity contribution >= 4 is 28.0 Å². The van der Waals surface area contributed by atoms with Gasteiger partial charge in [-0.05, 0) is 45.9 Å². The summed E-state index contributed by atoms with van der Waals surface area (Å²) in [4.78, 5) is 24.4. The monoisotopic (exact) mass is 456 g/mol. The summed E-state index contributed by atoms with van der Waals surface area (Å²) in [7, 11) is 1.23. The van der Waals surface area contributed by atoms with Crippen molar-refractivity contribution in [3.8, 4) is 0 Å². The third-order valence-corrected chi connectivity index (χ3v) is 4.27. The van der Waals surface area contributed by atoms with Crippen LogP contribution in [0.2, 0.25) is 0 Å². The maximum atomic E-state index is 14.7. The number of nitrogens with one attached hydrogen (secondary N) is 1. The molecule has 0 bridgehead atoms. The van der Waals surface area contributed by atoms with Gasteiger partial charge in [0.05, 0.1) is 25.4 Å². The number of nitrogens with zero attached hydrogens (tertiary/aromatic N) is 3. The summed E-state index contributed by atoms with van der Waals surface area (Å²) < 4.78 is 26.5. The Morgan fingerprint density at radius 3 is 2.57 bits per heavy atom. The van der Waals surface area contributed by atoms with E-state index in [4.69, 9.17) is 9.47 Å². The zero-order chi connectivity index (χ0) is 21.1. The SMILES string of the molecule is COC(=O)c1cnnn1CC(C)(NC(=O)OC(C)(C)C)c1cc(Br)ccc1F. The van der Waals surface area contributed by atoms with Crippen molar-refractivity contribution in [3.05, 3.63) is 45.9 Å². The van der Waals surface area contributed by atoms with Gasteiger partial charge in [-0.3, -0.25) is 0 Å². The van der Waals surface area contributed by atoms with E-state index in [1.807, 2.05) is 0 Å². The van der Waals surface area contributed by atoms with Gasteiger partial charge in [-0.15, -0.1) is 5.10 Å². The van der Waals surface area contributed by atoms with Gasteiger partial charge in [0, 0.05) is 10.0 Å². The van der Waals surface area contributed by atoms with Crippen LogP contribution in [-0.2, 0) is 21.6 Å². The number of carbonyl (C=O) groups excluding carboxylic acids is 2. The molecule has 1 amide bonds.